The highest BCUT2D eigenvalue weighted by Gasteiger charge is 2.28. The Morgan fingerprint density at radius 3 is 2.07 bits per heavy atom. The summed E-state index contributed by atoms with van der Waals surface area (Å²) in [6, 6.07) is 7.97. The number of carbonyl (C=O) groups excluding carboxylic acids is 3. The molecule has 4 N–H and O–H groups in total. The predicted octanol–water partition coefficient (Wildman–Crippen LogP) is 5.73. The van der Waals surface area contributed by atoms with Crippen molar-refractivity contribution in [1.82, 2.24) is 16.0 Å². The van der Waals surface area contributed by atoms with E-state index in [0.717, 1.165) is 15.6 Å². The summed E-state index contributed by atoms with van der Waals surface area (Å²) in [6.45, 7) is 10.4. The van der Waals surface area contributed by atoms with E-state index in [2.05, 4.69) is 64.5 Å². The van der Waals surface area contributed by atoms with E-state index in [1.54, 1.807) is 6.07 Å². The number of ether oxygens (including phenoxy) is 1. The van der Waals surface area contributed by atoms with E-state index in [1.807, 2.05) is 78.1 Å². The summed E-state index contributed by atoms with van der Waals surface area (Å²) in [5, 5.41) is 18.1. The van der Waals surface area contributed by atoms with Gasteiger partial charge >= 0.3 is 5.97 Å². The van der Waals surface area contributed by atoms with Crippen LogP contribution in [0.2, 0.25) is 0 Å². The van der Waals surface area contributed by atoms with E-state index >= 15 is 0 Å². The first-order valence-corrected chi connectivity index (χ1v) is 17.3. The number of hydrogen-bond donors (Lipinski definition) is 4. The Hall–Kier alpha value is -1.69. The number of nitrogens with one attached hydrogen (secondary N) is 3. The molecule has 2 aromatic rings. The number of methoxy groups -OCH3 is 1. The number of hydrogen-bond acceptors (Lipinski definition) is 5. The second-order valence-corrected chi connectivity index (χ2v) is 14.7. The fourth-order valence-corrected chi connectivity index (χ4v) is 8.88. The smallest absolute Gasteiger partial charge is 0.326 e. The SMILES string of the molecule is COc1c(I)cc(I)c(C(=O)N[C@@H](CC(=O)N[C@H](CNC(=O)[C@@H](C)c2ccc(CC(C)C)cc2)CC(C)C)C(=O)O)c1I. The molecule has 0 aliphatic rings. The van der Waals surface area contributed by atoms with Crippen LogP contribution in [0.15, 0.2) is 30.3 Å². The van der Waals surface area contributed by atoms with Crippen LogP contribution in [0.1, 0.15) is 74.9 Å². The van der Waals surface area contributed by atoms with Crippen LogP contribution in [0, 0.1) is 22.5 Å². The van der Waals surface area contributed by atoms with Gasteiger partial charge in [-0.05, 0) is 117 Å². The van der Waals surface area contributed by atoms with Crippen LogP contribution in [-0.2, 0) is 20.8 Å². The van der Waals surface area contributed by atoms with Crippen molar-refractivity contribution in [1.29, 1.82) is 0 Å². The molecule has 3 amide bonds. The van der Waals surface area contributed by atoms with Gasteiger partial charge in [0.05, 0.1) is 32.2 Å². The lowest BCUT2D eigenvalue weighted by molar-refractivity contribution is -0.141. The van der Waals surface area contributed by atoms with Crippen molar-refractivity contribution in [2.45, 2.75) is 71.9 Å². The summed E-state index contributed by atoms with van der Waals surface area (Å²) in [4.78, 5) is 51.1. The molecular formula is C31H40I3N3O6. The summed E-state index contributed by atoms with van der Waals surface area (Å²) in [5.74, 6) is -1.73. The third-order valence-electron chi connectivity index (χ3n) is 6.71. The molecule has 0 aliphatic heterocycles. The van der Waals surface area contributed by atoms with Gasteiger partial charge in [-0.2, -0.15) is 0 Å². The van der Waals surface area contributed by atoms with Gasteiger partial charge in [-0.15, -0.1) is 0 Å². The van der Waals surface area contributed by atoms with Gasteiger partial charge in [0.25, 0.3) is 5.91 Å². The molecule has 2 aromatic carbocycles. The minimum atomic E-state index is -1.45. The van der Waals surface area contributed by atoms with E-state index in [-0.39, 0.29) is 29.9 Å². The molecule has 0 saturated carbocycles. The summed E-state index contributed by atoms with van der Waals surface area (Å²) < 4.78 is 7.40. The number of carboxylic acid groups (broad SMARTS) is 1. The molecule has 236 valence electrons. The molecule has 2 rings (SSSR count). The van der Waals surface area contributed by atoms with E-state index in [9.17, 15) is 24.3 Å². The Balaban J connectivity index is 2.06. The minimum Gasteiger partial charge on any atom is -0.495 e. The number of aliphatic carboxylic acids is 1. The highest BCUT2D eigenvalue weighted by Crippen LogP contribution is 2.33. The highest BCUT2D eigenvalue weighted by molar-refractivity contribution is 14.1. The molecule has 0 spiro atoms. The van der Waals surface area contributed by atoms with Gasteiger partial charge < -0.3 is 25.8 Å². The van der Waals surface area contributed by atoms with Crippen LogP contribution >= 0.6 is 67.8 Å². The summed E-state index contributed by atoms with van der Waals surface area (Å²) in [5.41, 5.74) is 2.42. The van der Waals surface area contributed by atoms with Gasteiger partial charge in [-0.1, -0.05) is 52.0 Å². The van der Waals surface area contributed by atoms with Crippen molar-refractivity contribution in [2.75, 3.05) is 13.7 Å². The first-order chi connectivity index (χ1) is 20.1. The van der Waals surface area contributed by atoms with Crippen molar-refractivity contribution in [3.05, 3.63) is 57.7 Å². The van der Waals surface area contributed by atoms with Gasteiger partial charge in [0.2, 0.25) is 11.8 Å². The van der Waals surface area contributed by atoms with Crippen molar-refractivity contribution < 1.29 is 29.0 Å². The van der Waals surface area contributed by atoms with E-state index in [0.29, 0.717) is 25.2 Å². The molecule has 0 aliphatic carbocycles. The van der Waals surface area contributed by atoms with Gasteiger partial charge in [0.15, 0.2) is 0 Å². The maximum Gasteiger partial charge on any atom is 0.326 e. The van der Waals surface area contributed by atoms with Crippen LogP contribution in [0.25, 0.3) is 0 Å². The second kappa shape index (κ2) is 17.7. The zero-order valence-corrected chi connectivity index (χ0v) is 31.7. The molecular weight excluding hydrogens is 891 g/mol. The number of benzene rings is 2. The molecule has 43 heavy (non-hydrogen) atoms. The molecule has 0 aromatic heterocycles. The number of carbonyl (C=O) groups is 4. The summed E-state index contributed by atoms with van der Waals surface area (Å²) in [7, 11) is 1.50. The maximum absolute atomic E-state index is 13.1. The molecule has 0 bridgehead atoms. The van der Waals surface area contributed by atoms with Crippen molar-refractivity contribution in [3.8, 4) is 5.75 Å². The Morgan fingerprint density at radius 2 is 1.53 bits per heavy atom. The van der Waals surface area contributed by atoms with Crippen molar-refractivity contribution in [2.24, 2.45) is 11.8 Å². The van der Waals surface area contributed by atoms with Crippen molar-refractivity contribution >= 4 is 91.5 Å². The van der Waals surface area contributed by atoms with Crippen LogP contribution in [0.3, 0.4) is 0 Å². The van der Waals surface area contributed by atoms with Gasteiger partial charge in [0, 0.05) is 16.2 Å². The standard InChI is InChI=1S/C31H40I3N3O6/c1-16(2)11-19-7-9-20(10-8-19)18(5)29(39)35-15-21(12-17(3)4)36-25(38)14-24(31(41)42)37-30(40)26-22(32)13-23(33)28(43-6)27(26)34/h7-10,13,16-18,21,24H,11-12,14-15H2,1-6H3,(H,35,39)(H,36,38)(H,37,40)(H,41,42)/t18-,21-,24-/m0/s1. The van der Waals surface area contributed by atoms with Crippen LogP contribution in [0.5, 0.6) is 5.75 Å². The zero-order valence-electron chi connectivity index (χ0n) is 25.2. The average molecular weight is 931 g/mol. The first-order valence-electron chi connectivity index (χ1n) is 14.1. The number of carboxylic acids is 1. The number of rotatable bonds is 15. The largest absolute Gasteiger partial charge is 0.495 e. The second-order valence-electron chi connectivity index (χ2n) is 11.3. The topological polar surface area (TPSA) is 134 Å². The first kappa shape index (κ1) is 37.5. The van der Waals surface area contributed by atoms with Crippen LogP contribution in [0.4, 0.5) is 0 Å². The summed E-state index contributed by atoms with van der Waals surface area (Å²) in [6.07, 6.45) is 1.09. The van der Waals surface area contributed by atoms with Gasteiger partial charge in [-0.3, -0.25) is 14.4 Å². The van der Waals surface area contributed by atoms with Crippen LogP contribution < -0.4 is 20.7 Å². The van der Waals surface area contributed by atoms with Gasteiger partial charge in [-0.25, -0.2) is 4.79 Å². The Morgan fingerprint density at radius 1 is 0.907 bits per heavy atom. The lowest BCUT2D eigenvalue weighted by Gasteiger charge is -2.23. The molecule has 0 saturated heterocycles. The minimum absolute atomic E-state index is 0.160. The normalized spacial score (nSPS) is 13.3. The zero-order chi connectivity index (χ0) is 32.4. The Labute approximate surface area is 294 Å². The molecule has 12 heteroatoms. The maximum atomic E-state index is 13.1. The van der Waals surface area contributed by atoms with E-state index in [1.165, 1.54) is 12.7 Å². The highest BCUT2D eigenvalue weighted by atomic mass is 127. The third-order valence-corrected chi connectivity index (χ3v) is 9.39. The molecule has 0 unspecified atom stereocenters. The lowest BCUT2D eigenvalue weighted by atomic mass is 9.96. The average Bonchev–Trinajstić information content (AvgIpc) is 2.90. The van der Waals surface area contributed by atoms with E-state index in [4.69, 9.17) is 4.74 Å². The summed E-state index contributed by atoms with van der Waals surface area (Å²) >= 11 is 6.12. The Kier molecular flexibility index (Phi) is 15.4. The molecule has 0 fully saturated rings. The molecule has 9 nitrogen and oxygen atoms in total. The number of halogens is 3. The van der Waals surface area contributed by atoms with E-state index < -0.39 is 36.3 Å². The molecule has 3 atom stereocenters. The fraction of sp³-hybridized carbons (Fsp3) is 0.484. The third kappa shape index (κ3) is 11.6. The Bertz CT molecular complexity index is 1300. The quantitative estimate of drug-likeness (QED) is 0.169. The fourth-order valence-electron chi connectivity index (χ4n) is 4.57. The van der Waals surface area contributed by atoms with Crippen LogP contribution in [-0.4, -0.2) is 54.5 Å². The monoisotopic (exact) mass is 931 g/mol. The van der Waals surface area contributed by atoms with Gasteiger partial charge in [0.1, 0.15) is 11.8 Å². The molecule has 0 radical (unpaired) electrons. The van der Waals surface area contributed by atoms with Crippen molar-refractivity contribution in [3.63, 3.8) is 0 Å². The molecule has 0 heterocycles. The lowest BCUT2D eigenvalue weighted by Crippen LogP contribution is -2.49. The predicted molar refractivity (Wildman–Crippen MR) is 192 cm³/mol. The number of amides is 3.